The van der Waals surface area contributed by atoms with Gasteiger partial charge in [-0.3, -0.25) is 4.79 Å². The van der Waals surface area contributed by atoms with Gasteiger partial charge in [-0.25, -0.2) is 4.98 Å². The van der Waals surface area contributed by atoms with E-state index in [2.05, 4.69) is 20.4 Å². The summed E-state index contributed by atoms with van der Waals surface area (Å²) in [5, 5.41) is 6.31. The Balaban J connectivity index is 1.70. The molecule has 2 heterocycles. The standard InChI is InChI=1S/C22H18F3N5O2/c1-3-32-16-10-8-15(9-11-16)26-20(31)19-28-21-27-17(14-6-4-13(2)5-7-14)12-18(22(23,24)25)30(21)29-19/h4-12H,3H2,1-2H3,(H,26,31). The van der Waals surface area contributed by atoms with E-state index in [1.807, 2.05) is 13.8 Å². The Hall–Kier alpha value is -3.95. The number of hydrogen-bond donors (Lipinski definition) is 1. The normalized spacial score (nSPS) is 11.5. The molecule has 0 unspecified atom stereocenters. The molecule has 164 valence electrons. The maximum absolute atomic E-state index is 13.7. The molecule has 32 heavy (non-hydrogen) atoms. The van der Waals surface area contributed by atoms with Crippen LogP contribution in [0.1, 0.15) is 28.8 Å². The molecule has 0 atom stereocenters. The zero-order valence-electron chi connectivity index (χ0n) is 17.1. The molecule has 4 rings (SSSR count). The van der Waals surface area contributed by atoms with Crippen molar-refractivity contribution < 1.29 is 22.7 Å². The fourth-order valence-corrected chi connectivity index (χ4v) is 3.03. The van der Waals surface area contributed by atoms with Gasteiger partial charge in [-0.2, -0.15) is 22.7 Å². The molecular weight excluding hydrogens is 423 g/mol. The zero-order chi connectivity index (χ0) is 22.9. The number of carbonyl (C=O) groups excluding carboxylic acids is 1. The lowest BCUT2D eigenvalue weighted by molar-refractivity contribution is -0.142. The van der Waals surface area contributed by atoms with Crippen LogP contribution in [0.4, 0.5) is 18.9 Å². The van der Waals surface area contributed by atoms with Gasteiger partial charge in [0.15, 0.2) is 5.69 Å². The summed E-state index contributed by atoms with van der Waals surface area (Å²) in [6.45, 7) is 4.21. The van der Waals surface area contributed by atoms with Crippen molar-refractivity contribution in [1.29, 1.82) is 0 Å². The van der Waals surface area contributed by atoms with Crippen LogP contribution in [0.3, 0.4) is 0 Å². The van der Waals surface area contributed by atoms with Gasteiger partial charge in [0, 0.05) is 11.3 Å². The van der Waals surface area contributed by atoms with Crippen LogP contribution < -0.4 is 10.1 Å². The van der Waals surface area contributed by atoms with Crippen LogP contribution in [-0.4, -0.2) is 32.1 Å². The maximum Gasteiger partial charge on any atom is 0.433 e. The summed E-state index contributed by atoms with van der Waals surface area (Å²) < 4.78 is 47.0. The minimum Gasteiger partial charge on any atom is -0.494 e. The minimum atomic E-state index is -4.73. The highest BCUT2D eigenvalue weighted by atomic mass is 19.4. The number of hydrogen-bond acceptors (Lipinski definition) is 5. The molecule has 0 aliphatic rings. The monoisotopic (exact) mass is 441 g/mol. The average molecular weight is 441 g/mol. The van der Waals surface area contributed by atoms with Crippen molar-refractivity contribution in [3.05, 3.63) is 71.7 Å². The molecule has 0 saturated heterocycles. The van der Waals surface area contributed by atoms with Gasteiger partial charge in [-0.1, -0.05) is 29.8 Å². The molecule has 0 aliphatic heterocycles. The zero-order valence-corrected chi connectivity index (χ0v) is 17.1. The van der Waals surface area contributed by atoms with E-state index in [1.54, 1.807) is 48.5 Å². The van der Waals surface area contributed by atoms with Gasteiger partial charge in [0.05, 0.1) is 12.3 Å². The number of amides is 1. The van der Waals surface area contributed by atoms with E-state index in [-0.39, 0.29) is 11.5 Å². The molecule has 1 amide bonds. The molecule has 0 fully saturated rings. The van der Waals surface area contributed by atoms with Crippen molar-refractivity contribution in [1.82, 2.24) is 19.6 Å². The van der Waals surface area contributed by atoms with Crippen LogP contribution >= 0.6 is 0 Å². The Bertz CT molecular complexity index is 1270. The largest absolute Gasteiger partial charge is 0.494 e. The molecule has 4 aromatic rings. The number of ether oxygens (including phenoxy) is 1. The second kappa shape index (κ2) is 8.29. The van der Waals surface area contributed by atoms with Crippen LogP contribution in [0.25, 0.3) is 17.0 Å². The molecule has 0 saturated carbocycles. The highest BCUT2D eigenvalue weighted by Gasteiger charge is 2.36. The molecule has 2 aromatic heterocycles. The number of anilines is 1. The van der Waals surface area contributed by atoms with Crippen molar-refractivity contribution in [3.63, 3.8) is 0 Å². The third-order valence-corrected chi connectivity index (χ3v) is 4.58. The molecular formula is C22H18F3N5O2. The number of fused-ring (bicyclic) bond motifs is 1. The fraction of sp³-hybridized carbons (Fsp3) is 0.182. The Morgan fingerprint density at radius 1 is 1.06 bits per heavy atom. The first-order chi connectivity index (χ1) is 15.2. The quantitative estimate of drug-likeness (QED) is 0.483. The predicted molar refractivity (Wildman–Crippen MR) is 112 cm³/mol. The lowest BCUT2D eigenvalue weighted by atomic mass is 10.1. The summed E-state index contributed by atoms with van der Waals surface area (Å²) in [6.07, 6.45) is -4.73. The predicted octanol–water partition coefficient (Wildman–Crippen LogP) is 4.77. The Morgan fingerprint density at radius 2 is 1.75 bits per heavy atom. The van der Waals surface area contributed by atoms with Crippen molar-refractivity contribution in [2.75, 3.05) is 11.9 Å². The first-order valence-electron chi connectivity index (χ1n) is 9.71. The molecule has 0 spiro atoms. The number of alkyl halides is 3. The highest BCUT2D eigenvalue weighted by Crippen LogP contribution is 2.32. The fourth-order valence-electron chi connectivity index (χ4n) is 3.03. The summed E-state index contributed by atoms with van der Waals surface area (Å²) in [4.78, 5) is 20.7. The van der Waals surface area contributed by atoms with E-state index in [4.69, 9.17) is 4.74 Å². The average Bonchev–Trinajstić information content (AvgIpc) is 3.19. The van der Waals surface area contributed by atoms with Crippen molar-refractivity contribution in [3.8, 4) is 17.0 Å². The van der Waals surface area contributed by atoms with E-state index in [0.717, 1.165) is 11.6 Å². The van der Waals surface area contributed by atoms with E-state index < -0.39 is 23.6 Å². The molecule has 10 heteroatoms. The van der Waals surface area contributed by atoms with Gasteiger partial charge in [-0.15, -0.1) is 5.10 Å². The first kappa shape index (κ1) is 21.3. The SMILES string of the molecule is CCOc1ccc(NC(=O)c2nc3nc(-c4ccc(C)cc4)cc(C(F)(F)F)n3n2)cc1. The first-order valence-corrected chi connectivity index (χ1v) is 9.71. The van der Waals surface area contributed by atoms with Crippen molar-refractivity contribution in [2.24, 2.45) is 0 Å². The minimum absolute atomic E-state index is 0.0793. The van der Waals surface area contributed by atoms with Crippen molar-refractivity contribution >= 4 is 17.4 Å². The van der Waals surface area contributed by atoms with E-state index in [0.29, 0.717) is 28.1 Å². The van der Waals surface area contributed by atoms with Crippen LogP contribution in [0.5, 0.6) is 5.75 Å². The second-order valence-electron chi connectivity index (χ2n) is 6.95. The highest BCUT2D eigenvalue weighted by molar-refractivity contribution is 6.01. The number of aromatic nitrogens is 4. The Labute approximate surface area is 180 Å². The Kier molecular flexibility index (Phi) is 5.52. The number of carbonyl (C=O) groups is 1. The number of nitrogens with zero attached hydrogens (tertiary/aromatic N) is 4. The summed E-state index contributed by atoms with van der Waals surface area (Å²) in [7, 11) is 0. The molecule has 0 aliphatic carbocycles. The summed E-state index contributed by atoms with van der Waals surface area (Å²) in [5.74, 6) is -0.895. The van der Waals surface area contributed by atoms with Gasteiger partial charge < -0.3 is 10.1 Å². The van der Waals surface area contributed by atoms with Crippen molar-refractivity contribution in [2.45, 2.75) is 20.0 Å². The van der Waals surface area contributed by atoms with Gasteiger partial charge >= 0.3 is 6.18 Å². The molecule has 0 bridgehead atoms. The van der Waals surface area contributed by atoms with Gasteiger partial charge in [0.1, 0.15) is 5.75 Å². The summed E-state index contributed by atoms with van der Waals surface area (Å²) >= 11 is 0. The third-order valence-electron chi connectivity index (χ3n) is 4.58. The smallest absolute Gasteiger partial charge is 0.433 e. The number of rotatable bonds is 5. The lowest BCUT2D eigenvalue weighted by Crippen LogP contribution is -2.16. The number of nitrogens with one attached hydrogen (secondary N) is 1. The van der Waals surface area contributed by atoms with Crippen LogP contribution in [0.2, 0.25) is 0 Å². The van der Waals surface area contributed by atoms with Crippen LogP contribution in [-0.2, 0) is 6.18 Å². The van der Waals surface area contributed by atoms with E-state index >= 15 is 0 Å². The van der Waals surface area contributed by atoms with Gasteiger partial charge in [0.25, 0.3) is 11.7 Å². The molecule has 1 N–H and O–H groups in total. The van der Waals surface area contributed by atoms with Gasteiger partial charge in [0.2, 0.25) is 5.82 Å². The van der Waals surface area contributed by atoms with Crippen LogP contribution in [0, 0.1) is 6.92 Å². The second-order valence-corrected chi connectivity index (χ2v) is 6.95. The molecule has 2 aromatic carbocycles. The summed E-state index contributed by atoms with van der Waals surface area (Å²) in [5.41, 5.74) is 0.872. The molecule has 7 nitrogen and oxygen atoms in total. The van der Waals surface area contributed by atoms with E-state index in [9.17, 15) is 18.0 Å². The van der Waals surface area contributed by atoms with Gasteiger partial charge in [-0.05, 0) is 44.2 Å². The Morgan fingerprint density at radius 3 is 2.38 bits per heavy atom. The number of benzene rings is 2. The lowest BCUT2D eigenvalue weighted by Gasteiger charge is -2.10. The topological polar surface area (TPSA) is 81.4 Å². The number of halogens is 3. The van der Waals surface area contributed by atoms with Crippen LogP contribution in [0.15, 0.2) is 54.6 Å². The maximum atomic E-state index is 13.7. The summed E-state index contributed by atoms with van der Waals surface area (Å²) in [6, 6.07) is 14.3. The third kappa shape index (κ3) is 4.39. The number of aryl methyl sites for hydroxylation is 1. The molecule has 0 radical (unpaired) electrons. The van der Waals surface area contributed by atoms with E-state index in [1.165, 1.54) is 0 Å².